The van der Waals surface area contributed by atoms with E-state index in [2.05, 4.69) is 55.3 Å². The average Bonchev–Trinajstić information content (AvgIpc) is 2.83. The first-order valence-corrected chi connectivity index (χ1v) is 7.24. The van der Waals surface area contributed by atoms with E-state index in [9.17, 15) is 5.11 Å². The zero-order valence-corrected chi connectivity index (χ0v) is 12.3. The molecule has 0 saturated carbocycles. The van der Waals surface area contributed by atoms with Crippen molar-refractivity contribution in [2.24, 2.45) is 0 Å². The van der Waals surface area contributed by atoms with E-state index < -0.39 is 0 Å². The highest BCUT2D eigenvalue weighted by molar-refractivity contribution is 5.30. The highest BCUT2D eigenvalue weighted by atomic mass is 16.3. The molecule has 0 fully saturated rings. The summed E-state index contributed by atoms with van der Waals surface area (Å²) in [6, 6.07) is 9.13. The van der Waals surface area contributed by atoms with Crippen LogP contribution in [0, 0.1) is 0 Å². The number of hydrogen-bond acceptors (Lipinski definition) is 3. The van der Waals surface area contributed by atoms with E-state index >= 15 is 0 Å². The Morgan fingerprint density at radius 2 is 1.89 bits per heavy atom. The van der Waals surface area contributed by atoms with Crippen molar-refractivity contribution >= 4 is 0 Å². The number of nitrogens with zero attached hydrogens (tertiary/aromatic N) is 1. The summed E-state index contributed by atoms with van der Waals surface area (Å²) in [5.41, 5.74) is 2.72. The number of benzene rings is 1. The van der Waals surface area contributed by atoms with E-state index in [4.69, 9.17) is 0 Å². The summed E-state index contributed by atoms with van der Waals surface area (Å²) in [7, 11) is 0. The Morgan fingerprint density at radius 1 is 1.32 bits per heavy atom. The summed E-state index contributed by atoms with van der Waals surface area (Å²) < 4.78 is 0. The first-order chi connectivity index (χ1) is 9.08. The second-order valence-corrected chi connectivity index (χ2v) is 5.98. The Labute approximate surface area is 116 Å². The maximum atomic E-state index is 9.60. The van der Waals surface area contributed by atoms with Crippen molar-refractivity contribution in [1.82, 2.24) is 10.2 Å². The molecule has 1 aromatic rings. The van der Waals surface area contributed by atoms with E-state index in [1.54, 1.807) is 0 Å². The van der Waals surface area contributed by atoms with Crippen LogP contribution >= 0.6 is 0 Å². The minimum atomic E-state index is -0.178. The molecule has 0 saturated heterocycles. The highest BCUT2D eigenvalue weighted by Crippen LogP contribution is 2.27. The van der Waals surface area contributed by atoms with Gasteiger partial charge in [-0.2, -0.15) is 0 Å². The summed E-state index contributed by atoms with van der Waals surface area (Å²) in [6.07, 6.45) is 0.964. The van der Waals surface area contributed by atoms with Crippen LogP contribution in [0.3, 0.4) is 0 Å². The largest absolute Gasteiger partial charge is 0.394 e. The number of aliphatic hydroxyl groups is 1. The Hall–Kier alpha value is -0.900. The molecule has 0 radical (unpaired) electrons. The fraction of sp³-hybridized carbons (Fsp3) is 0.625. The average molecular weight is 262 g/mol. The van der Waals surface area contributed by atoms with Crippen LogP contribution < -0.4 is 5.32 Å². The van der Waals surface area contributed by atoms with Gasteiger partial charge in [-0.1, -0.05) is 31.2 Å². The summed E-state index contributed by atoms with van der Waals surface area (Å²) >= 11 is 0. The van der Waals surface area contributed by atoms with Gasteiger partial charge in [0.05, 0.1) is 6.61 Å². The van der Waals surface area contributed by atoms with Crippen molar-refractivity contribution in [3.63, 3.8) is 0 Å². The third-order valence-electron chi connectivity index (χ3n) is 4.19. The van der Waals surface area contributed by atoms with Crippen LogP contribution in [-0.2, 0) is 13.1 Å². The number of nitrogens with one attached hydrogen (secondary N) is 1. The van der Waals surface area contributed by atoms with Gasteiger partial charge in [0.1, 0.15) is 0 Å². The summed E-state index contributed by atoms with van der Waals surface area (Å²) in [4.78, 5) is 2.50. The maximum absolute atomic E-state index is 9.60. The molecule has 19 heavy (non-hydrogen) atoms. The number of fused-ring (bicyclic) bond motifs is 1. The normalized spacial score (nSPS) is 20.0. The molecular weight excluding hydrogens is 236 g/mol. The van der Waals surface area contributed by atoms with Gasteiger partial charge in [-0.15, -0.1) is 0 Å². The fourth-order valence-corrected chi connectivity index (χ4v) is 3.07. The van der Waals surface area contributed by atoms with Crippen molar-refractivity contribution < 1.29 is 5.11 Å². The smallest absolute Gasteiger partial charge is 0.0611 e. The zero-order chi connectivity index (χ0) is 13.9. The SMILES string of the molecule is CCNC(C)(CO)CC(C)N1Cc2ccccc2C1. The summed E-state index contributed by atoms with van der Waals surface area (Å²) in [6.45, 7) is 9.60. The lowest BCUT2D eigenvalue weighted by Gasteiger charge is -2.35. The molecule has 1 aliphatic rings. The molecule has 3 heteroatoms. The topological polar surface area (TPSA) is 35.5 Å². The molecule has 2 N–H and O–H groups in total. The van der Waals surface area contributed by atoms with Gasteiger partial charge in [0, 0.05) is 24.7 Å². The fourth-order valence-electron chi connectivity index (χ4n) is 3.07. The van der Waals surface area contributed by atoms with Crippen molar-refractivity contribution in [2.45, 2.75) is 51.9 Å². The van der Waals surface area contributed by atoms with Gasteiger partial charge in [0.25, 0.3) is 0 Å². The number of hydrogen-bond donors (Lipinski definition) is 2. The monoisotopic (exact) mass is 262 g/mol. The molecular formula is C16H26N2O. The van der Waals surface area contributed by atoms with Crippen molar-refractivity contribution in [3.05, 3.63) is 35.4 Å². The van der Waals surface area contributed by atoms with Gasteiger partial charge < -0.3 is 10.4 Å². The molecule has 1 aliphatic heterocycles. The van der Waals surface area contributed by atoms with Gasteiger partial charge in [0.2, 0.25) is 0 Å². The standard InChI is InChI=1S/C16H26N2O/c1-4-17-16(3,12-19)9-13(2)18-10-14-7-5-6-8-15(14)11-18/h5-8,13,17,19H,4,9-12H2,1-3H3. The van der Waals surface area contributed by atoms with E-state index in [1.807, 2.05) is 0 Å². The summed E-state index contributed by atoms with van der Waals surface area (Å²) in [5.74, 6) is 0. The molecule has 3 nitrogen and oxygen atoms in total. The molecule has 0 amide bonds. The number of aliphatic hydroxyl groups excluding tert-OH is 1. The Balaban J connectivity index is 1.97. The molecule has 2 atom stereocenters. The van der Waals surface area contributed by atoms with Gasteiger partial charge in [-0.05, 0) is 37.9 Å². The second kappa shape index (κ2) is 6.04. The number of rotatable bonds is 6. The number of likely N-dealkylation sites (N-methyl/N-ethyl adjacent to an activating group) is 1. The van der Waals surface area contributed by atoms with E-state index in [-0.39, 0.29) is 12.1 Å². The quantitative estimate of drug-likeness (QED) is 0.824. The Morgan fingerprint density at radius 3 is 2.37 bits per heavy atom. The van der Waals surface area contributed by atoms with Crippen molar-refractivity contribution in [2.75, 3.05) is 13.2 Å². The van der Waals surface area contributed by atoms with Crippen molar-refractivity contribution in [1.29, 1.82) is 0 Å². The van der Waals surface area contributed by atoms with Gasteiger partial charge in [-0.3, -0.25) is 4.90 Å². The minimum Gasteiger partial charge on any atom is -0.394 e. The molecule has 0 spiro atoms. The van der Waals surface area contributed by atoms with E-state index in [1.165, 1.54) is 11.1 Å². The van der Waals surface area contributed by atoms with Crippen LogP contribution in [0.1, 0.15) is 38.3 Å². The first kappa shape index (κ1) is 14.5. The zero-order valence-electron chi connectivity index (χ0n) is 12.3. The van der Waals surface area contributed by atoms with Crippen LogP contribution in [0.4, 0.5) is 0 Å². The van der Waals surface area contributed by atoms with Crippen LogP contribution in [0.5, 0.6) is 0 Å². The third kappa shape index (κ3) is 3.35. The van der Waals surface area contributed by atoms with Gasteiger partial charge in [-0.25, -0.2) is 0 Å². The van der Waals surface area contributed by atoms with Crippen LogP contribution in [0.2, 0.25) is 0 Å². The molecule has 0 aliphatic carbocycles. The lowest BCUT2D eigenvalue weighted by molar-refractivity contribution is 0.115. The predicted octanol–water partition coefficient (Wildman–Crippen LogP) is 2.14. The van der Waals surface area contributed by atoms with Gasteiger partial charge >= 0.3 is 0 Å². The lowest BCUT2D eigenvalue weighted by Crippen LogP contribution is -2.49. The predicted molar refractivity (Wildman–Crippen MR) is 78.9 cm³/mol. The van der Waals surface area contributed by atoms with E-state index in [0.717, 1.165) is 26.1 Å². The molecule has 2 rings (SSSR count). The molecule has 2 unspecified atom stereocenters. The van der Waals surface area contributed by atoms with Crippen LogP contribution in [0.25, 0.3) is 0 Å². The van der Waals surface area contributed by atoms with E-state index in [0.29, 0.717) is 6.04 Å². The Kier molecular flexibility index (Phi) is 4.61. The highest BCUT2D eigenvalue weighted by Gasteiger charge is 2.30. The third-order valence-corrected chi connectivity index (χ3v) is 4.19. The molecule has 0 bridgehead atoms. The molecule has 1 aromatic carbocycles. The Bertz CT molecular complexity index is 396. The van der Waals surface area contributed by atoms with Crippen LogP contribution in [-0.4, -0.2) is 34.7 Å². The molecule has 1 heterocycles. The second-order valence-electron chi connectivity index (χ2n) is 5.98. The first-order valence-electron chi connectivity index (χ1n) is 7.24. The van der Waals surface area contributed by atoms with Crippen LogP contribution in [0.15, 0.2) is 24.3 Å². The minimum absolute atomic E-state index is 0.178. The van der Waals surface area contributed by atoms with Gasteiger partial charge in [0.15, 0.2) is 0 Å². The maximum Gasteiger partial charge on any atom is 0.0611 e. The lowest BCUT2D eigenvalue weighted by atomic mass is 9.93. The molecule has 0 aromatic heterocycles. The summed E-state index contributed by atoms with van der Waals surface area (Å²) in [5, 5.41) is 13.0. The molecule has 106 valence electrons. The van der Waals surface area contributed by atoms with Crippen molar-refractivity contribution in [3.8, 4) is 0 Å².